The molecule has 0 aliphatic heterocycles. The molecule has 1 heterocycles. The van der Waals surface area contributed by atoms with Gasteiger partial charge < -0.3 is 5.32 Å². The Hall–Kier alpha value is -0.550. The smallest absolute Gasteiger partial charge is 0.138 e. The van der Waals surface area contributed by atoms with Crippen LogP contribution in [0.25, 0.3) is 0 Å². The Balaban J connectivity index is 2.58. The summed E-state index contributed by atoms with van der Waals surface area (Å²) in [4.78, 5) is 4.44. The molecule has 1 aromatic heterocycles. The Bertz CT molecular complexity index is 365. The summed E-state index contributed by atoms with van der Waals surface area (Å²) in [7, 11) is 0. The number of likely N-dealkylation sites (N-methyl/N-ethyl adjacent to an activating group) is 1. The third-order valence-electron chi connectivity index (χ3n) is 3.31. The van der Waals surface area contributed by atoms with Gasteiger partial charge in [0.2, 0.25) is 0 Å². The van der Waals surface area contributed by atoms with Crippen molar-refractivity contribution in [2.45, 2.75) is 65.3 Å². The lowest BCUT2D eigenvalue weighted by atomic mass is 10.2. The zero-order chi connectivity index (χ0) is 15.0. The Labute approximate surface area is 128 Å². The largest absolute Gasteiger partial charge is 0.313 e. The van der Waals surface area contributed by atoms with Gasteiger partial charge in [-0.2, -0.15) is 16.9 Å². The number of aromatic nitrogens is 3. The maximum atomic E-state index is 4.44. The van der Waals surface area contributed by atoms with Gasteiger partial charge in [-0.1, -0.05) is 34.6 Å². The molecule has 0 saturated carbocycles. The first-order valence-electron chi connectivity index (χ1n) is 7.78. The van der Waals surface area contributed by atoms with Gasteiger partial charge in [0.1, 0.15) is 12.2 Å². The van der Waals surface area contributed by atoms with E-state index in [1.807, 2.05) is 11.8 Å². The Kier molecular flexibility index (Phi) is 8.22. The van der Waals surface area contributed by atoms with Crippen molar-refractivity contribution in [2.24, 2.45) is 5.92 Å². The first-order chi connectivity index (χ1) is 9.56. The Morgan fingerprint density at radius 3 is 2.65 bits per heavy atom. The molecule has 0 radical (unpaired) electrons. The predicted molar refractivity (Wildman–Crippen MR) is 88.2 cm³/mol. The number of thioether (sulfide) groups is 1. The van der Waals surface area contributed by atoms with Gasteiger partial charge in [-0.15, -0.1) is 0 Å². The van der Waals surface area contributed by atoms with Crippen LogP contribution >= 0.6 is 11.8 Å². The summed E-state index contributed by atoms with van der Waals surface area (Å²) < 4.78 is 2.06. The molecular formula is C15H30N4S. The Morgan fingerprint density at radius 1 is 1.30 bits per heavy atom. The van der Waals surface area contributed by atoms with Crippen LogP contribution in [0.1, 0.15) is 46.9 Å². The highest BCUT2D eigenvalue weighted by Crippen LogP contribution is 2.16. The third kappa shape index (κ3) is 6.27. The summed E-state index contributed by atoms with van der Waals surface area (Å²) in [5.41, 5.74) is 0. The number of nitrogens with zero attached hydrogens (tertiary/aromatic N) is 3. The summed E-state index contributed by atoms with van der Waals surface area (Å²) in [6.07, 6.45) is 3.87. The molecule has 1 rings (SSSR count). The quantitative estimate of drug-likeness (QED) is 0.721. The molecule has 116 valence electrons. The highest BCUT2D eigenvalue weighted by Gasteiger charge is 2.15. The molecule has 0 spiro atoms. The van der Waals surface area contributed by atoms with Crippen molar-refractivity contribution >= 4 is 11.8 Å². The van der Waals surface area contributed by atoms with Crippen LogP contribution in [0.2, 0.25) is 0 Å². The normalized spacial score (nSPS) is 14.7. The summed E-state index contributed by atoms with van der Waals surface area (Å²) >= 11 is 2.05. The van der Waals surface area contributed by atoms with Crippen LogP contribution in [0.15, 0.2) is 6.33 Å². The molecule has 2 unspecified atom stereocenters. The van der Waals surface area contributed by atoms with Crippen molar-refractivity contribution in [1.29, 1.82) is 0 Å². The van der Waals surface area contributed by atoms with E-state index in [-0.39, 0.29) is 0 Å². The van der Waals surface area contributed by atoms with Gasteiger partial charge in [-0.25, -0.2) is 9.67 Å². The van der Waals surface area contributed by atoms with E-state index < -0.39 is 0 Å². The molecule has 0 fully saturated rings. The van der Waals surface area contributed by atoms with E-state index in [1.165, 1.54) is 6.42 Å². The fourth-order valence-electron chi connectivity index (χ4n) is 2.04. The number of nitrogens with one attached hydrogen (secondary N) is 1. The standard InChI is InChI=1S/C15H30N4S/c1-6-13(5)20-10-14(16-7-2)8-15-17-11-18-19(15)9-12(3)4/h11-14,16H,6-10H2,1-5H3. The van der Waals surface area contributed by atoms with Gasteiger partial charge >= 0.3 is 0 Å². The maximum Gasteiger partial charge on any atom is 0.138 e. The molecule has 1 aromatic rings. The molecule has 0 aliphatic rings. The van der Waals surface area contributed by atoms with E-state index in [0.29, 0.717) is 12.0 Å². The van der Waals surface area contributed by atoms with E-state index in [2.05, 4.69) is 54.7 Å². The molecule has 0 saturated heterocycles. The number of hydrogen-bond donors (Lipinski definition) is 1. The van der Waals surface area contributed by atoms with Gasteiger partial charge in [-0.05, 0) is 18.9 Å². The molecule has 0 amide bonds. The zero-order valence-corrected chi connectivity index (χ0v) is 14.4. The van der Waals surface area contributed by atoms with Crippen LogP contribution in [-0.2, 0) is 13.0 Å². The molecule has 2 atom stereocenters. The molecule has 20 heavy (non-hydrogen) atoms. The monoisotopic (exact) mass is 298 g/mol. The minimum Gasteiger partial charge on any atom is -0.313 e. The fraction of sp³-hybridized carbons (Fsp3) is 0.867. The first kappa shape index (κ1) is 17.5. The van der Waals surface area contributed by atoms with Crippen LogP contribution in [0.3, 0.4) is 0 Å². The van der Waals surface area contributed by atoms with Gasteiger partial charge in [0, 0.05) is 30.0 Å². The van der Waals surface area contributed by atoms with Crippen LogP contribution < -0.4 is 5.32 Å². The van der Waals surface area contributed by atoms with Crippen molar-refractivity contribution in [3.8, 4) is 0 Å². The summed E-state index contributed by atoms with van der Waals surface area (Å²) in [6, 6.07) is 0.481. The summed E-state index contributed by atoms with van der Waals surface area (Å²) in [5, 5.41) is 8.66. The maximum absolute atomic E-state index is 4.44. The van der Waals surface area contributed by atoms with E-state index in [9.17, 15) is 0 Å². The predicted octanol–water partition coefficient (Wildman–Crippen LogP) is 2.99. The molecular weight excluding hydrogens is 268 g/mol. The summed E-state index contributed by atoms with van der Waals surface area (Å²) in [6.45, 7) is 13.1. The molecule has 1 N–H and O–H groups in total. The average Bonchev–Trinajstić information content (AvgIpc) is 2.82. The van der Waals surface area contributed by atoms with E-state index in [1.54, 1.807) is 6.33 Å². The second-order valence-electron chi connectivity index (χ2n) is 5.76. The lowest BCUT2D eigenvalue weighted by Gasteiger charge is -2.19. The highest BCUT2D eigenvalue weighted by atomic mass is 32.2. The minimum atomic E-state index is 0.481. The van der Waals surface area contributed by atoms with Gasteiger partial charge in [0.05, 0.1) is 0 Å². The van der Waals surface area contributed by atoms with Crippen molar-refractivity contribution < 1.29 is 0 Å². The van der Waals surface area contributed by atoms with E-state index in [4.69, 9.17) is 0 Å². The minimum absolute atomic E-state index is 0.481. The topological polar surface area (TPSA) is 42.7 Å². The number of rotatable bonds is 10. The van der Waals surface area contributed by atoms with Crippen LogP contribution in [0.5, 0.6) is 0 Å². The molecule has 0 bridgehead atoms. The molecule has 0 aromatic carbocycles. The first-order valence-corrected chi connectivity index (χ1v) is 8.83. The molecule has 5 heteroatoms. The van der Waals surface area contributed by atoms with Gasteiger partial charge in [0.25, 0.3) is 0 Å². The lowest BCUT2D eigenvalue weighted by molar-refractivity contribution is 0.451. The van der Waals surface area contributed by atoms with Crippen molar-refractivity contribution in [2.75, 3.05) is 12.3 Å². The van der Waals surface area contributed by atoms with Gasteiger partial charge in [-0.3, -0.25) is 0 Å². The van der Waals surface area contributed by atoms with E-state index in [0.717, 1.165) is 36.3 Å². The van der Waals surface area contributed by atoms with Crippen LogP contribution in [0.4, 0.5) is 0 Å². The van der Waals surface area contributed by atoms with E-state index >= 15 is 0 Å². The summed E-state index contributed by atoms with van der Waals surface area (Å²) in [5.74, 6) is 2.84. The highest BCUT2D eigenvalue weighted by molar-refractivity contribution is 7.99. The third-order valence-corrected chi connectivity index (χ3v) is 4.81. The van der Waals surface area contributed by atoms with Gasteiger partial charge in [0.15, 0.2) is 0 Å². The Morgan fingerprint density at radius 2 is 2.05 bits per heavy atom. The molecule has 0 aliphatic carbocycles. The average molecular weight is 298 g/mol. The second kappa shape index (κ2) is 9.40. The van der Waals surface area contributed by atoms with Crippen molar-refractivity contribution in [3.05, 3.63) is 12.2 Å². The molecule has 4 nitrogen and oxygen atoms in total. The van der Waals surface area contributed by atoms with Crippen molar-refractivity contribution in [1.82, 2.24) is 20.1 Å². The van der Waals surface area contributed by atoms with Crippen LogP contribution in [-0.4, -0.2) is 38.4 Å². The van der Waals surface area contributed by atoms with Crippen LogP contribution in [0, 0.1) is 5.92 Å². The van der Waals surface area contributed by atoms with Crippen molar-refractivity contribution in [3.63, 3.8) is 0 Å². The zero-order valence-electron chi connectivity index (χ0n) is 13.6. The second-order valence-corrected chi connectivity index (χ2v) is 7.23. The number of hydrogen-bond acceptors (Lipinski definition) is 4. The fourth-order valence-corrected chi connectivity index (χ4v) is 3.07. The SMILES string of the molecule is CCNC(CSC(C)CC)Cc1ncnn1CC(C)C. The lowest BCUT2D eigenvalue weighted by Crippen LogP contribution is -2.35.